The summed E-state index contributed by atoms with van der Waals surface area (Å²) in [6.45, 7) is 3.06. The highest BCUT2D eigenvalue weighted by Crippen LogP contribution is 2.18. The Bertz CT molecular complexity index is 556. The number of carboxylic acid groups (broad SMARTS) is 1. The summed E-state index contributed by atoms with van der Waals surface area (Å²) in [5.41, 5.74) is -1.58. The predicted octanol–water partition coefficient (Wildman–Crippen LogP) is 1.75. The zero-order valence-corrected chi connectivity index (χ0v) is 11.5. The van der Waals surface area contributed by atoms with E-state index in [1.54, 1.807) is 6.92 Å². The van der Waals surface area contributed by atoms with E-state index in [-0.39, 0.29) is 11.3 Å². The second-order valence-corrected chi connectivity index (χ2v) is 6.13. The molecule has 0 fully saturated rings. The quantitative estimate of drug-likeness (QED) is 0.835. The van der Waals surface area contributed by atoms with Gasteiger partial charge in [0.05, 0.1) is 4.90 Å². The first-order valence-electron chi connectivity index (χ1n) is 5.74. The molecule has 0 saturated carbocycles. The molecule has 0 saturated heterocycles. The van der Waals surface area contributed by atoms with Crippen LogP contribution in [0.15, 0.2) is 29.2 Å². The van der Waals surface area contributed by atoms with Gasteiger partial charge in [-0.2, -0.15) is 4.72 Å². The van der Waals surface area contributed by atoms with Crippen molar-refractivity contribution in [3.05, 3.63) is 30.1 Å². The monoisotopic (exact) mass is 289 g/mol. The standard InChI is InChI=1S/C12H16FNO4S/c1-3-8-12(2,11(15)16)14-19(17,18)10-6-4-9(13)5-7-10/h4-7,14H,3,8H2,1-2H3,(H,15,16). The lowest BCUT2D eigenvalue weighted by molar-refractivity contribution is -0.143. The topological polar surface area (TPSA) is 83.5 Å². The van der Waals surface area contributed by atoms with Crippen molar-refractivity contribution in [1.29, 1.82) is 0 Å². The summed E-state index contributed by atoms with van der Waals surface area (Å²) in [6, 6.07) is 4.19. The maximum Gasteiger partial charge on any atom is 0.324 e. The molecule has 5 nitrogen and oxygen atoms in total. The van der Waals surface area contributed by atoms with Crippen LogP contribution in [0.5, 0.6) is 0 Å². The molecule has 0 bridgehead atoms. The number of carboxylic acids is 1. The number of rotatable bonds is 6. The van der Waals surface area contributed by atoms with Gasteiger partial charge in [0.15, 0.2) is 0 Å². The average Bonchev–Trinajstić information content (AvgIpc) is 2.28. The van der Waals surface area contributed by atoms with E-state index < -0.39 is 27.3 Å². The van der Waals surface area contributed by atoms with Crippen molar-refractivity contribution < 1.29 is 22.7 Å². The molecule has 7 heteroatoms. The highest BCUT2D eigenvalue weighted by Gasteiger charge is 2.36. The van der Waals surface area contributed by atoms with E-state index in [0.717, 1.165) is 24.3 Å². The number of benzene rings is 1. The number of hydrogen-bond donors (Lipinski definition) is 2. The van der Waals surface area contributed by atoms with Crippen molar-refractivity contribution in [2.45, 2.75) is 37.1 Å². The number of nitrogens with one attached hydrogen (secondary N) is 1. The molecule has 0 aliphatic carbocycles. The SMILES string of the molecule is CCCC(C)(NS(=O)(=O)c1ccc(F)cc1)C(=O)O. The molecule has 1 unspecified atom stereocenters. The molecule has 0 spiro atoms. The average molecular weight is 289 g/mol. The van der Waals surface area contributed by atoms with Crippen molar-refractivity contribution in [3.63, 3.8) is 0 Å². The van der Waals surface area contributed by atoms with Gasteiger partial charge in [0.1, 0.15) is 11.4 Å². The molecule has 1 aromatic carbocycles. The lowest BCUT2D eigenvalue weighted by atomic mass is 9.98. The van der Waals surface area contributed by atoms with E-state index >= 15 is 0 Å². The maximum atomic E-state index is 12.8. The Balaban J connectivity index is 3.07. The fourth-order valence-corrected chi connectivity index (χ4v) is 3.07. The summed E-state index contributed by atoms with van der Waals surface area (Å²) in [6.07, 6.45) is 0.664. The van der Waals surface area contributed by atoms with E-state index in [1.165, 1.54) is 6.92 Å². The molecule has 1 atom stereocenters. The van der Waals surface area contributed by atoms with Gasteiger partial charge in [-0.05, 0) is 37.6 Å². The first kappa shape index (κ1) is 15.6. The second-order valence-electron chi connectivity index (χ2n) is 4.45. The highest BCUT2D eigenvalue weighted by atomic mass is 32.2. The summed E-state index contributed by atoms with van der Waals surface area (Å²) in [5.74, 6) is -1.81. The third kappa shape index (κ3) is 3.74. The lowest BCUT2D eigenvalue weighted by Crippen LogP contribution is -2.51. The van der Waals surface area contributed by atoms with Crippen LogP contribution in [0.4, 0.5) is 4.39 Å². The van der Waals surface area contributed by atoms with E-state index in [4.69, 9.17) is 5.11 Å². The molecule has 0 aliphatic rings. The Labute approximate surface area is 111 Å². The van der Waals surface area contributed by atoms with Gasteiger partial charge in [0.25, 0.3) is 0 Å². The van der Waals surface area contributed by atoms with Gasteiger partial charge in [0, 0.05) is 0 Å². The van der Waals surface area contributed by atoms with Gasteiger partial charge in [-0.15, -0.1) is 0 Å². The zero-order valence-electron chi connectivity index (χ0n) is 10.7. The summed E-state index contributed by atoms with van der Waals surface area (Å²) in [5, 5.41) is 9.13. The molecule has 2 N–H and O–H groups in total. The Morgan fingerprint density at radius 2 is 1.89 bits per heavy atom. The second kappa shape index (κ2) is 5.66. The van der Waals surface area contributed by atoms with Crippen molar-refractivity contribution in [2.75, 3.05) is 0 Å². The van der Waals surface area contributed by atoms with Crippen molar-refractivity contribution in [3.8, 4) is 0 Å². The Kier molecular flexibility index (Phi) is 4.65. The van der Waals surface area contributed by atoms with Crippen molar-refractivity contribution in [1.82, 2.24) is 4.72 Å². The van der Waals surface area contributed by atoms with Crippen LogP contribution in [0.3, 0.4) is 0 Å². The van der Waals surface area contributed by atoms with Crippen molar-refractivity contribution in [2.24, 2.45) is 0 Å². The van der Waals surface area contributed by atoms with Crippen LogP contribution >= 0.6 is 0 Å². The Morgan fingerprint density at radius 3 is 2.32 bits per heavy atom. The number of halogens is 1. The van der Waals surface area contributed by atoms with Crippen molar-refractivity contribution >= 4 is 16.0 Å². The molecular weight excluding hydrogens is 273 g/mol. The summed E-state index contributed by atoms with van der Waals surface area (Å²) >= 11 is 0. The number of aliphatic carboxylic acids is 1. The minimum Gasteiger partial charge on any atom is -0.480 e. The zero-order chi connectivity index (χ0) is 14.7. The van der Waals surface area contributed by atoms with E-state index in [2.05, 4.69) is 4.72 Å². The van der Waals surface area contributed by atoms with Gasteiger partial charge in [-0.1, -0.05) is 13.3 Å². The largest absolute Gasteiger partial charge is 0.480 e. The van der Waals surface area contributed by atoms with Crippen LogP contribution in [0.25, 0.3) is 0 Å². The van der Waals surface area contributed by atoms with Gasteiger partial charge >= 0.3 is 5.97 Å². The molecule has 1 rings (SSSR count). The highest BCUT2D eigenvalue weighted by molar-refractivity contribution is 7.89. The molecule has 1 aromatic rings. The van der Waals surface area contributed by atoms with Crippen LogP contribution in [-0.4, -0.2) is 25.0 Å². The summed E-state index contributed by atoms with van der Waals surface area (Å²) in [4.78, 5) is 11.0. The normalized spacial score (nSPS) is 14.9. The molecule has 0 aromatic heterocycles. The van der Waals surface area contributed by atoms with Gasteiger partial charge < -0.3 is 5.11 Å². The number of sulfonamides is 1. The van der Waals surface area contributed by atoms with Gasteiger partial charge in [-0.25, -0.2) is 12.8 Å². The van der Waals surface area contributed by atoms with Gasteiger partial charge in [0.2, 0.25) is 10.0 Å². The Morgan fingerprint density at radius 1 is 1.37 bits per heavy atom. The fraction of sp³-hybridized carbons (Fsp3) is 0.417. The molecular formula is C12H16FNO4S. The van der Waals surface area contributed by atoms with Gasteiger partial charge in [-0.3, -0.25) is 4.79 Å². The Hall–Kier alpha value is -1.47. The van der Waals surface area contributed by atoms with E-state index in [0.29, 0.717) is 6.42 Å². The molecule has 0 aliphatic heterocycles. The molecule has 19 heavy (non-hydrogen) atoms. The predicted molar refractivity (Wildman–Crippen MR) is 67.7 cm³/mol. The van der Waals surface area contributed by atoms with Crippen LogP contribution in [0.2, 0.25) is 0 Å². The maximum absolute atomic E-state index is 12.8. The van der Waals surface area contributed by atoms with E-state index in [1.807, 2.05) is 0 Å². The van der Waals surface area contributed by atoms with Crippen LogP contribution < -0.4 is 4.72 Å². The number of hydrogen-bond acceptors (Lipinski definition) is 3. The summed E-state index contributed by atoms with van der Waals surface area (Å²) in [7, 11) is -4.00. The first-order chi connectivity index (χ1) is 8.71. The first-order valence-corrected chi connectivity index (χ1v) is 7.22. The molecule has 0 amide bonds. The molecule has 0 radical (unpaired) electrons. The third-order valence-corrected chi connectivity index (χ3v) is 4.32. The molecule has 106 valence electrons. The molecule has 0 heterocycles. The van der Waals surface area contributed by atoms with Crippen LogP contribution in [0.1, 0.15) is 26.7 Å². The van der Waals surface area contributed by atoms with Crippen LogP contribution in [-0.2, 0) is 14.8 Å². The summed E-state index contributed by atoms with van der Waals surface area (Å²) < 4.78 is 39.0. The van der Waals surface area contributed by atoms with E-state index in [9.17, 15) is 17.6 Å². The third-order valence-electron chi connectivity index (χ3n) is 2.71. The smallest absolute Gasteiger partial charge is 0.324 e. The number of carbonyl (C=O) groups is 1. The minimum absolute atomic E-state index is 0.156. The van der Waals surface area contributed by atoms with Crippen LogP contribution in [0, 0.1) is 5.82 Å². The minimum atomic E-state index is -4.00. The lowest BCUT2D eigenvalue weighted by Gasteiger charge is -2.25. The fourth-order valence-electron chi connectivity index (χ4n) is 1.67.